The monoisotopic (exact) mass is 371 g/mol. The maximum absolute atomic E-state index is 12.4. The Balaban J connectivity index is 2.07. The number of hydrogen-bond donors (Lipinski definition) is 0. The number of esters is 1. The number of hydrogen-bond acceptors (Lipinski definition) is 5. The van der Waals surface area contributed by atoms with E-state index in [4.69, 9.17) is 4.74 Å². The van der Waals surface area contributed by atoms with E-state index in [2.05, 4.69) is 15.9 Å². The van der Waals surface area contributed by atoms with Gasteiger partial charge in [-0.05, 0) is 35.0 Å². The molecule has 2 amide bonds. The van der Waals surface area contributed by atoms with Gasteiger partial charge in [-0.3, -0.25) is 14.4 Å². The Labute approximate surface area is 135 Å². The lowest BCUT2D eigenvalue weighted by Gasteiger charge is -2.16. The molecule has 0 N–H and O–H groups in total. The second-order valence-corrected chi connectivity index (χ2v) is 6.37. The van der Waals surface area contributed by atoms with E-state index < -0.39 is 5.25 Å². The van der Waals surface area contributed by atoms with Crippen molar-refractivity contribution in [1.82, 2.24) is 0 Å². The lowest BCUT2D eigenvalue weighted by atomic mass is 10.3. The van der Waals surface area contributed by atoms with Crippen LogP contribution in [0.4, 0.5) is 5.69 Å². The van der Waals surface area contributed by atoms with Gasteiger partial charge in [-0.25, -0.2) is 4.90 Å². The summed E-state index contributed by atoms with van der Waals surface area (Å²) in [7, 11) is 0. The minimum atomic E-state index is -0.533. The van der Waals surface area contributed by atoms with E-state index in [-0.39, 0.29) is 30.0 Å². The quantitative estimate of drug-likeness (QED) is 0.587. The summed E-state index contributed by atoms with van der Waals surface area (Å²) in [6, 6.07) is 7.05. The molecule has 1 aliphatic rings. The first-order chi connectivity index (χ1) is 10.0. The van der Waals surface area contributed by atoms with Crippen molar-refractivity contribution in [2.24, 2.45) is 0 Å². The SMILES string of the molecule is CCOC(=O)CS[C@H]1CC(=O)N(c2ccccc2Br)C1=O. The number of thioether (sulfide) groups is 1. The van der Waals surface area contributed by atoms with Gasteiger partial charge in [0, 0.05) is 10.9 Å². The Hall–Kier alpha value is -1.34. The number of ether oxygens (including phenoxy) is 1. The third-order valence-electron chi connectivity index (χ3n) is 2.91. The molecular formula is C14H14BrNO4S. The van der Waals surface area contributed by atoms with Crippen LogP contribution in [-0.2, 0) is 19.1 Å². The summed E-state index contributed by atoms with van der Waals surface area (Å²) in [6.45, 7) is 2.03. The highest BCUT2D eigenvalue weighted by Crippen LogP contribution is 2.33. The highest BCUT2D eigenvalue weighted by molar-refractivity contribution is 9.10. The van der Waals surface area contributed by atoms with Crippen LogP contribution < -0.4 is 4.90 Å². The molecule has 0 radical (unpaired) electrons. The lowest BCUT2D eigenvalue weighted by Crippen LogP contribution is -2.31. The lowest BCUT2D eigenvalue weighted by molar-refractivity contribution is -0.139. The van der Waals surface area contributed by atoms with Gasteiger partial charge in [0.1, 0.15) is 0 Å². The van der Waals surface area contributed by atoms with Crippen molar-refractivity contribution in [3.05, 3.63) is 28.7 Å². The summed E-state index contributed by atoms with van der Waals surface area (Å²) in [5.74, 6) is -0.849. The number of anilines is 1. The molecule has 112 valence electrons. The number of para-hydroxylation sites is 1. The third-order valence-corrected chi connectivity index (χ3v) is 4.75. The van der Waals surface area contributed by atoms with Crippen LogP contribution in [-0.4, -0.2) is 35.4 Å². The molecule has 0 spiro atoms. The predicted molar refractivity (Wildman–Crippen MR) is 84.1 cm³/mol. The Morgan fingerprint density at radius 3 is 2.81 bits per heavy atom. The Morgan fingerprint density at radius 1 is 1.43 bits per heavy atom. The summed E-state index contributed by atoms with van der Waals surface area (Å²) < 4.78 is 5.50. The average Bonchev–Trinajstić information content (AvgIpc) is 2.73. The van der Waals surface area contributed by atoms with Crippen molar-refractivity contribution in [2.45, 2.75) is 18.6 Å². The van der Waals surface area contributed by atoms with E-state index in [1.54, 1.807) is 25.1 Å². The molecule has 1 saturated heterocycles. The maximum Gasteiger partial charge on any atom is 0.315 e. The van der Waals surface area contributed by atoms with Crippen molar-refractivity contribution in [1.29, 1.82) is 0 Å². The summed E-state index contributed by atoms with van der Waals surface area (Å²) in [4.78, 5) is 36.9. The number of imide groups is 1. The van der Waals surface area contributed by atoms with Gasteiger partial charge in [-0.15, -0.1) is 11.8 Å². The number of rotatable bonds is 5. The Bertz CT molecular complexity index is 578. The molecule has 0 saturated carbocycles. The minimum Gasteiger partial charge on any atom is -0.465 e. The van der Waals surface area contributed by atoms with E-state index in [9.17, 15) is 14.4 Å². The number of carbonyl (C=O) groups excluding carboxylic acids is 3. The molecule has 5 nitrogen and oxygen atoms in total. The first-order valence-electron chi connectivity index (χ1n) is 6.43. The van der Waals surface area contributed by atoms with Crippen molar-refractivity contribution < 1.29 is 19.1 Å². The molecule has 21 heavy (non-hydrogen) atoms. The molecule has 1 atom stereocenters. The largest absolute Gasteiger partial charge is 0.465 e. The second kappa shape index (κ2) is 7.09. The number of benzene rings is 1. The topological polar surface area (TPSA) is 63.7 Å². The van der Waals surface area contributed by atoms with Crippen LogP contribution in [0.5, 0.6) is 0 Å². The molecule has 0 bridgehead atoms. The molecule has 0 unspecified atom stereocenters. The highest BCUT2D eigenvalue weighted by atomic mass is 79.9. The van der Waals surface area contributed by atoms with Crippen LogP contribution in [0.2, 0.25) is 0 Å². The standard InChI is InChI=1S/C14H14BrNO4S/c1-2-20-13(18)8-21-11-7-12(17)16(14(11)19)10-6-4-3-5-9(10)15/h3-6,11H,2,7-8H2,1H3/t11-/m0/s1. The highest BCUT2D eigenvalue weighted by Gasteiger charge is 2.40. The summed E-state index contributed by atoms with van der Waals surface area (Å²) in [5.41, 5.74) is 0.534. The summed E-state index contributed by atoms with van der Waals surface area (Å²) in [6.07, 6.45) is 0.101. The maximum atomic E-state index is 12.4. The molecule has 0 aromatic heterocycles. The molecule has 2 rings (SSSR count). The van der Waals surface area contributed by atoms with Gasteiger partial charge in [0.2, 0.25) is 11.8 Å². The molecule has 1 fully saturated rings. The molecule has 1 aromatic rings. The zero-order valence-corrected chi connectivity index (χ0v) is 13.8. The molecule has 0 aliphatic carbocycles. The molecule has 1 aliphatic heterocycles. The first kappa shape index (κ1) is 16.0. The van der Waals surface area contributed by atoms with Gasteiger partial charge in [0.15, 0.2) is 0 Å². The van der Waals surface area contributed by atoms with Crippen molar-refractivity contribution in [3.8, 4) is 0 Å². The van der Waals surface area contributed by atoms with Gasteiger partial charge in [0.25, 0.3) is 0 Å². The van der Waals surface area contributed by atoms with Gasteiger partial charge in [0.05, 0.1) is 23.3 Å². The Kier molecular flexibility index (Phi) is 5.41. The number of halogens is 1. The van der Waals surface area contributed by atoms with E-state index in [0.717, 1.165) is 11.8 Å². The van der Waals surface area contributed by atoms with Crippen molar-refractivity contribution >= 4 is 51.2 Å². The van der Waals surface area contributed by atoms with E-state index in [0.29, 0.717) is 16.8 Å². The van der Waals surface area contributed by atoms with Crippen molar-refractivity contribution in [2.75, 3.05) is 17.3 Å². The molecular weight excluding hydrogens is 358 g/mol. The van der Waals surface area contributed by atoms with Gasteiger partial charge >= 0.3 is 5.97 Å². The zero-order chi connectivity index (χ0) is 15.4. The first-order valence-corrected chi connectivity index (χ1v) is 8.27. The fourth-order valence-corrected chi connectivity index (χ4v) is 3.38. The van der Waals surface area contributed by atoms with Crippen LogP contribution in [0.1, 0.15) is 13.3 Å². The van der Waals surface area contributed by atoms with E-state index in [1.807, 2.05) is 6.07 Å². The fraction of sp³-hybridized carbons (Fsp3) is 0.357. The smallest absolute Gasteiger partial charge is 0.315 e. The molecule has 1 aromatic carbocycles. The molecule has 1 heterocycles. The number of carbonyl (C=O) groups is 3. The normalized spacial score (nSPS) is 18.2. The fourth-order valence-electron chi connectivity index (χ4n) is 1.99. The van der Waals surface area contributed by atoms with Crippen LogP contribution in [0.15, 0.2) is 28.7 Å². The Morgan fingerprint density at radius 2 is 2.14 bits per heavy atom. The van der Waals surface area contributed by atoms with Crippen LogP contribution in [0.25, 0.3) is 0 Å². The average molecular weight is 372 g/mol. The van der Waals surface area contributed by atoms with Gasteiger partial charge in [-0.2, -0.15) is 0 Å². The zero-order valence-electron chi connectivity index (χ0n) is 11.4. The predicted octanol–water partition coefficient (Wildman–Crippen LogP) is 2.38. The van der Waals surface area contributed by atoms with Crippen LogP contribution >= 0.6 is 27.7 Å². The van der Waals surface area contributed by atoms with Crippen molar-refractivity contribution in [3.63, 3.8) is 0 Å². The second-order valence-electron chi connectivity index (χ2n) is 4.33. The number of amides is 2. The summed E-state index contributed by atoms with van der Waals surface area (Å²) >= 11 is 4.48. The minimum absolute atomic E-state index is 0.0708. The van der Waals surface area contributed by atoms with Crippen LogP contribution in [0, 0.1) is 0 Å². The summed E-state index contributed by atoms with van der Waals surface area (Å²) in [5, 5.41) is -0.533. The molecule has 7 heteroatoms. The van der Waals surface area contributed by atoms with Gasteiger partial charge in [-0.1, -0.05) is 12.1 Å². The van der Waals surface area contributed by atoms with E-state index >= 15 is 0 Å². The third kappa shape index (κ3) is 3.65. The van der Waals surface area contributed by atoms with Gasteiger partial charge < -0.3 is 4.74 Å². The van der Waals surface area contributed by atoms with Crippen LogP contribution in [0.3, 0.4) is 0 Å². The number of nitrogens with zero attached hydrogens (tertiary/aromatic N) is 1. The van der Waals surface area contributed by atoms with E-state index in [1.165, 1.54) is 4.90 Å².